The van der Waals surface area contributed by atoms with Gasteiger partial charge in [0.15, 0.2) is 0 Å². The van der Waals surface area contributed by atoms with Crippen molar-refractivity contribution in [2.45, 2.75) is 32.9 Å². The van der Waals surface area contributed by atoms with E-state index >= 15 is 0 Å². The number of hydrogen-bond donors (Lipinski definition) is 1. The number of piperidine rings is 1. The molecule has 0 bridgehead atoms. The number of likely N-dealkylation sites (tertiary alicyclic amines) is 1. The summed E-state index contributed by atoms with van der Waals surface area (Å²) in [6, 6.07) is 8.49. The molecule has 1 aliphatic heterocycles. The Balaban J connectivity index is 1.88. The van der Waals surface area contributed by atoms with Crippen LogP contribution in [0.25, 0.3) is 10.9 Å². The number of pyridine rings is 1. The first-order chi connectivity index (χ1) is 10.6. The molecule has 0 saturated carbocycles. The zero-order chi connectivity index (χ0) is 15.7. The van der Waals surface area contributed by atoms with Crippen LogP contribution in [0.15, 0.2) is 24.3 Å². The number of benzene rings is 1. The first kappa shape index (κ1) is 15.3. The summed E-state index contributed by atoms with van der Waals surface area (Å²) in [5.74, 6) is 1.02. The van der Waals surface area contributed by atoms with Crippen molar-refractivity contribution in [2.24, 2.45) is 5.92 Å². The summed E-state index contributed by atoms with van der Waals surface area (Å²) in [5.41, 5.74) is 3.29. The van der Waals surface area contributed by atoms with Gasteiger partial charge in [0.25, 0.3) is 0 Å². The normalized spacial score (nSPS) is 22.9. The van der Waals surface area contributed by atoms with Gasteiger partial charge in [-0.05, 0) is 37.0 Å². The average Bonchev–Trinajstić information content (AvgIpc) is 2.50. The van der Waals surface area contributed by atoms with Crippen LogP contribution >= 0.6 is 0 Å². The molecular formula is C18H24N2O2. The first-order valence-electron chi connectivity index (χ1n) is 7.91. The van der Waals surface area contributed by atoms with E-state index < -0.39 is 0 Å². The molecule has 1 N–H and O–H groups in total. The summed E-state index contributed by atoms with van der Waals surface area (Å²) in [6.07, 6.45) is 0.666. The predicted molar refractivity (Wildman–Crippen MR) is 88.1 cm³/mol. The van der Waals surface area contributed by atoms with Gasteiger partial charge in [0.05, 0.1) is 18.7 Å². The number of aliphatic hydroxyl groups is 1. The van der Waals surface area contributed by atoms with Crippen molar-refractivity contribution in [1.29, 1.82) is 0 Å². The molecule has 4 nitrogen and oxygen atoms in total. The molecule has 1 aromatic carbocycles. The van der Waals surface area contributed by atoms with Crippen molar-refractivity contribution >= 4 is 10.9 Å². The van der Waals surface area contributed by atoms with E-state index in [1.807, 2.05) is 0 Å². The molecule has 2 heterocycles. The minimum absolute atomic E-state index is 0.171. The number of aliphatic hydroxyl groups excluding tert-OH is 1. The third-order valence-corrected chi connectivity index (χ3v) is 4.54. The summed E-state index contributed by atoms with van der Waals surface area (Å²) in [7, 11) is 1.68. The Labute approximate surface area is 131 Å². The zero-order valence-corrected chi connectivity index (χ0v) is 13.5. The van der Waals surface area contributed by atoms with Gasteiger partial charge < -0.3 is 9.84 Å². The van der Waals surface area contributed by atoms with Crippen LogP contribution in [-0.2, 0) is 6.54 Å². The number of nitrogens with zero attached hydrogens (tertiary/aromatic N) is 2. The zero-order valence-electron chi connectivity index (χ0n) is 13.5. The third-order valence-electron chi connectivity index (χ3n) is 4.54. The van der Waals surface area contributed by atoms with E-state index in [2.05, 4.69) is 48.0 Å². The van der Waals surface area contributed by atoms with E-state index in [0.717, 1.165) is 42.5 Å². The van der Waals surface area contributed by atoms with Crippen LogP contribution < -0.4 is 4.74 Å². The molecule has 2 atom stereocenters. The van der Waals surface area contributed by atoms with Crippen LogP contribution in [0, 0.1) is 12.8 Å². The first-order valence-corrected chi connectivity index (χ1v) is 7.91. The second kappa shape index (κ2) is 6.23. The monoisotopic (exact) mass is 300 g/mol. The summed E-state index contributed by atoms with van der Waals surface area (Å²) in [6.45, 7) is 6.82. The van der Waals surface area contributed by atoms with Gasteiger partial charge in [0, 0.05) is 30.6 Å². The quantitative estimate of drug-likeness (QED) is 0.947. The fourth-order valence-corrected chi connectivity index (χ4v) is 3.20. The smallest absolute Gasteiger partial charge is 0.218 e. The highest BCUT2D eigenvalue weighted by atomic mass is 16.5. The highest BCUT2D eigenvalue weighted by molar-refractivity contribution is 5.80. The van der Waals surface area contributed by atoms with Gasteiger partial charge in [-0.15, -0.1) is 0 Å². The van der Waals surface area contributed by atoms with Crippen molar-refractivity contribution in [2.75, 3.05) is 20.2 Å². The SMILES string of the molecule is COc1nc2cc(C)ccc2cc1CN1CCC(O)C(C)C1. The van der Waals surface area contributed by atoms with Gasteiger partial charge in [0.1, 0.15) is 0 Å². The van der Waals surface area contributed by atoms with E-state index in [9.17, 15) is 5.11 Å². The molecule has 22 heavy (non-hydrogen) atoms. The fraction of sp³-hybridized carbons (Fsp3) is 0.500. The molecule has 3 rings (SSSR count). The molecule has 1 saturated heterocycles. The lowest BCUT2D eigenvalue weighted by Crippen LogP contribution is -2.41. The van der Waals surface area contributed by atoms with Crippen molar-refractivity contribution in [3.8, 4) is 5.88 Å². The van der Waals surface area contributed by atoms with Crippen LogP contribution in [-0.4, -0.2) is 41.3 Å². The molecule has 0 radical (unpaired) electrons. The van der Waals surface area contributed by atoms with Crippen molar-refractivity contribution in [3.63, 3.8) is 0 Å². The second-order valence-electron chi connectivity index (χ2n) is 6.42. The Bertz CT molecular complexity index is 671. The minimum atomic E-state index is -0.171. The van der Waals surface area contributed by atoms with Crippen LogP contribution in [0.5, 0.6) is 5.88 Å². The van der Waals surface area contributed by atoms with Crippen molar-refractivity contribution < 1.29 is 9.84 Å². The number of hydrogen-bond acceptors (Lipinski definition) is 4. The third kappa shape index (κ3) is 3.08. The molecule has 2 aromatic rings. The number of fused-ring (bicyclic) bond motifs is 1. The standard InChI is InChI=1S/C18H24N2O2/c1-12-4-5-14-9-15(18(22-3)19-16(14)8-12)11-20-7-6-17(21)13(2)10-20/h4-5,8-9,13,17,21H,6-7,10-11H2,1-3H3. The minimum Gasteiger partial charge on any atom is -0.481 e. The van der Waals surface area contributed by atoms with Crippen molar-refractivity contribution in [3.05, 3.63) is 35.4 Å². The molecule has 0 amide bonds. The van der Waals surface area contributed by atoms with Crippen LogP contribution in [0.2, 0.25) is 0 Å². The Morgan fingerprint density at radius 1 is 1.36 bits per heavy atom. The number of aromatic nitrogens is 1. The topological polar surface area (TPSA) is 45.6 Å². The number of methoxy groups -OCH3 is 1. The van der Waals surface area contributed by atoms with E-state index in [4.69, 9.17) is 4.74 Å². The second-order valence-corrected chi connectivity index (χ2v) is 6.42. The molecule has 4 heteroatoms. The van der Waals surface area contributed by atoms with E-state index in [0.29, 0.717) is 11.8 Å². The lowest BCUT2D eigenvalue weighted by molar-refractivity contribution is 0.0317. The molecule has 2 unspecified atom stereocenters. The summed E-state index contributed by atoms with van der Waals surface area (Å²) in [5, 5.41) is 11.0. The van der Waals surface area contributed by atoms with Gasteiger partial charge in [-0.25, -0.2) is 4.98 Å². The predicted octanol–water partition coefficient (Wildman–Crippen LogP) is 2.75. The molecule has 118 valence electrons. The number of aryl methyl sites for hydroxylation is 1. The number of rotatable bonds is 3. The summed E-state index contributed by atoms with van der Waals surface area (Å²) >= 11 is 0. The maximum Gasteiger partial charge on any atom is 0.218 e. The lowest BCUT2D eigenvalue weighted by Gasteiger charge is -2.34. The molecule has 1 aliphatic rings. The van der Waals surface area contributed by atoms with Gasteiger partial charge in [-0.3, -0.25) is 4.90 Å². The van der Waals surface area contributed by atoms with Crippen LogP contribution in [0.4, 0.5) is 0 Å². The van der Waals surface area contributed by atoms with Gasteiger partial charge in [-0.1, -0.05) is 19.1 Å². The van der Waals surface area contributed by atoms with Gasteiger partial charge in [0.2, 0.25) is 5.88 Å². The summed E-state index contributed by atoms with van der Waals surface area (Å²) in [4.78, 5) is 7.03. The average molecular weight is 300 g/mol. The van der Waals surface area contributed by atoms with Crippen LogP contribution in [0.3, 0.4) is 0 Å². The number of ether oxygens (including phenoxy) is 1. The molecule has 1 aromatic heterocycles. The summed E-state index contributed by atoms with van der Waals surface area (Å²) < 4.78 is 5.50. The van der Waals surface area contributed by atoms with E-state index in [-0.39, 0.29) is 6.10 Å². The largest absolute Gasteiger partial charge is 0.481 e. The van der Waals surface area contributed by atoms with Crippen molar-refractivity contribution in [1.82, 2.24) is 9.88 Å². The maximum atomic E-state index is 9.87. The highest BCUT2D eigenvalue weighted by Crippen LogP contribution is 2.26. The Hall–Kier alpha value is -1.65. The maximum absolute atomic E-state index is 9.87. The lowest BCUT2D eigenvalue weighted by atomic mass is 9.96. The molecule has 1 fully saturated rings. The Morgan fingerprint density at radius 2 is 2.18 bits per heavy atom. The van der Waals surface area contributed by atoms with E-state index in [1.54, 1.807) is 7.11 Å². The Morgan fingerprint density at radius 3 is 2.91 bits per heavy atom. The molecule has 0 spiro atoms. The van der Waals surface area contributed by atoms with Gasteiger partial charge >= 0.3 is 0 Å². The Kier molecular flexibility index (Phi) is 4.32. The van der Waals surface area contributed by atoms with Crippen LogP contribution in [0.1, 0.15) is 24.5 Å². The molecule has 0 aliphatic carbocycles. The molecular weight excluding hydrogens is 276 g/mol. The van der Waals surface area contributed by atoms with Gasteiger partial charge in [-0.2, -0.15) is 0 Å². The fourth-order valence-electron chi connectivity index (χ4n) is 3.20. The van der Waals surface area contributed by atoms with E-state index in [1.165, 1.54) is 5.56 Å². The highest BCUT2D eigenvalue weighted by Gasteiger charge is 2.25.